The summed E-state index contributed by atoms with van der Waals surface area (Å²) in [6.07, 6.45) is 1.33. The number of rotatable bonds is 8. The van der Waals surface area contributed by atoms with Gasteiger partial charge in [0, 0.05) is 5.69 Å². The largest absolute Gasteiger partial charge is 0.490 e. The number of hydrogen-bond donors (Lipinski definition) is 2. The van der Waals surface area contributed by atoms with Crippen LogP contribution in [-0.4, -0.2) is 37.0 Å². The molecule has 40 heavy (non-hydrogen) atoms. The van der Waals surface area contributed by atoms with Crippen molar-refractivity contribution in [3.05, 3.63) is 86.9 Å². The van der Waals surface area contributed by atoms with Crippen molar-refractivity contribution in [3.8, 4) is 11.5 Å². The van der Waals surface area contributed by atoms with Gasteiger partial charge in [0.05, 0.1) is 22.3 Å². The Balaban J connectivity index is 1.54. The number of nitrogens with one attached hydrogen (secondary N) is 2. The van der Waals surface area contributed by atoms with Crippen LogP contribution in [0.5, 0.6) is 11.5 Å². The van der Waals surface area contributed by atoms with E-state index < -0.39 is 17.8 Å². The molecule has 1 fully saturated rings. The van der Waals surface area contributed by atoms with E-state index in [1.807, 2.05) is 32.0 Å². The molecule has 11 heteroatoms. The maximum atomic E-state index is 13.2. The molecule has 1 aliphatic rings. The Morgan fingerprint density at radius 1 is 0.950 bits per heavy atom. The summed E-state index contributed by atoms with van der Waals surface area (Å²) in [6, 6.07) is 13.8. The van der Waals surface area contributed by atoms with E-state index in [1.54, 1.807) is 25.1 Å². The number of urea groups is 1. The number of barbiturate groups is 1. The first-order valence-electron chi connectivity index (χ1n) is 12.2. The summed E-state index contributed by atoms with van der Waals surface area (Å²) in [5, 5.41) is 5.37. The van der Waals surface area contributed by atoms with E-state index in [9.17, 15) is 19.2 Å². The standard InChI is InChI=1S/C29H25Cl2N3O6/c1-4-39-25-13-18(7-10-24(25)40-15-26(35)32-23-11-16(2)5-6-17(23)3)12-20-27(36)33-29(38)34(28(20)37)19-8-9-21(30)22(31)14-19/h5-14H,4,15H2,1-3H3,(H,32,35)(H,33,36,38)/b20-12-. The number of carbonyl (C=O) groups is 4. The van der Waals surface area contributed by atoms with Crippen LogP contribution in [-0.2, 0) is 14.4 Å². The van der Waals surface area contributed by atoms with Gasteiger partial charge in [0.2, 0.25) is 0 Å². The maximum Gasteiger partial charge on any atom is 0.335 e. The molecule has 0 unspecified atom stereocenters. The highest BCUT2D eigenvalue weighted by Crippen LogP contribution is 2.32. The van der Waals surface area contributed by atoms with E-state index in [-0.39, 0.29) is 33.8 Å². The van der Waals surface area contributed by atoms with Crippen LogP contribution in [0.15, 0.2) is 60.2 Å². The fourth-order valence-electron chi connectivity index (χ4n) is 3.88. The van der Waals surface area contributed by atoms with Crippen molar-refractivity contribution in [2.75, 3.05) is 23.4 Å². The SMILES string of the molecule is CCOc1cc(/C=C2/C(=O)NC(=O)N(c3ccc(Cl)c(Cl)c3)C2=O)ccc1OCC(=O)Nc1cc(C)ccc1C. The van der Waals surface area contributed by atoms with Crippen LogP contribution in [0.25, 0.3) is 6.08 Å². The average molecular weight is 582 g/mol. The zero-order valence-electron chi connectivity index (χ0n) is 21.8. The predicted octanol–water partition coefficient (Wildman–Crippen LogP) is 5.69. The van der Waals surface area contributed by atoms with Gasteiger partial charge in [-0.1, -0.05) is 41.4 Å². The van der Waals surface area contributed by atoms with Crippen LogP contribution in [0.2, 0.25) is 10.0 Å². The van der Waals surface area contributed by atoms with Crippen molar-refractivity contribution in [2.24, 2.45) is 0 Å². The van der Waals surface area contributed by atoms with Gasteiger partial charge in [-0.15, -0.1) is 0 Å². The molecule has 5 amide bonds. The number of hydrogen-bond acceptors (Lipinski definition) is 6. The van der Waals surface area contributed by atoms with Crippen LogP contribution in [0.4, 0.5) is 16.2 Å². The third-order valence-electron chi connectivity index (χ3n) is 5.87. The van der Waals surface area contributed by atoms with E-state index in [1.165, 1.54) is 24.3 Å². The minimum atomic E-state index is -0.913. The van der Waals surface area contributed by atoms with Crippen molar-refractivity contribution in [1.29, 1.82) is 0 Å². The lowest BCUT2D eigenvalue weighted by atomic mass is 10.1. The number of aryl methyl sites for hydroxylation is 2. The Labute approximate surface area is 240 Å². The smallest absolute Gasteiger partial charge is 0.335 e. The van der Waals surface area contributed by atoms with Gasteiger partial charge in [-0.25, -0.2) is 9.69 Å². The summed E-state index contributed by atoms with van der Waals surface area (Å²) in [5.74, 6) is -1.44. The topological polar surface area (TPSA) is 114 Å². The lowest BCUT2D eigenvalue weighted by Gasteiger charge is -2.26. The fourth-order valence-corrected chi connectivity index (χ4v) is 4.18. The van der Waals surface area contributed by atoms with Gasteiger partial charge in [0.15, 0.2) is 18.1 Å². The monoisotopic (exact) mass is 581 g/mol. The molecule has 0 bridgehead atoms. The number of halogens is 2. The lowest BCUT2D eigenvalue weighted by molar-refractivity contribution is -0.122. The van der Waals surface area contributed by atoms with Crippen molar-refractivity contribution in [1.82, 2.24) is 5.32 Å². The molecule has 2 N–H and O–H groups in total. The van der Waals surface area contributed by atoms with Crippen LogP contribution in [0, 0.1) is 13.8 Å². The number of nitrogens with zero attached hydrogens (tertiary/aromatic N) is 1. The van der Waals surface area contributed by atoms with Crippen LogP contribution in [0.3, 0.4) is 0 Å². The molecule has 0 atom stereocenters. The van der Waals surface area contributed by atoms with Gasteiger partial charge in [-0.2, -0.15) is 0 Å². The van der Waals surface area contributed by atoms with Gasteiger partial charge in [0.25, 0.3) is 17.7 Å². The van der Waals surface area contributed by atoms with E-state index >= 15 is 0 Å². The van der Waals surface area contributed by atoms with Crippen LogP contribution >= 0.6 is 23.2 Å². The Kier molecular flexibility index (Phi) is 8.77. The molecule has 9 nitrogen and oxygen atoms in total. The maximum absolute atomic E-state index is 13.2. The molecule has 1 heterocycles. The van der Waals surface area contributed by atoms with E-state index in [2.05, 4.69) is 10.6 Å². The summed E-state index contributed by atoms with van der Waals surface area (Å²) in [5.41, 5.74) is 2.93. The number of carbonyl (C=O) groups excluding carboxylic acids is 4. The minimum absolute atomic E-state index is 0.141. The molecular weight excluding hydrogens is 557 g/mol. The second kappa shape index (κ2) is 12.2. The first kappa shape index (κ1) is 28.7. The summed E-state index contributed by atoms with van der Waals surface area (Å²) >= 11 is 12.0. The Bertz CT molecular complexity index is 1550. The number of benzene rings is 3. The van der Waals surface area contributed by atoms with Gasteiger partial charge in [-0.3, -0.25) is 19.7 Å². The van der Waals surface area contributed by atoms with Crippen LogP contribution in [0.1, 0.15) is 23.6 Å². The van der Waals surface area contributed by atoms with Gasteiger partial charge in [-0.05, 0) is 79.9 Å². The van der Waals surface area contributed by atoms with Crippen molar-refractivity contribution in [3.63, 3.8) is 0 Å². The zero-order valence-corrected chi connectivity index (χ0v) is 23.4. The molecule has 1 aliphatic heterocycles. The molecule has 206 valence electrons. The van der Waals surface area contributed by atoms with Gasteiger partial charge >= 0.3 is 6.03 Å². The molecule has 0 radical (unpaired) electrons. The normalized spacial score (nSPS) is 14.3. The number of ether oxygens (including phenoxy) is 2. The highest BCUT2D eigenvalue weighted by atomic mass is 35.5. The molecule has 3 aromatic carbocycles. The second-order valence-electron chi connectivity index (χ2n) is 8.85. The van der Waals surface area contributed by atoms with Gasteiger partial charge in [0.1, 0.15) is 5.57 Å². The number of imide groups is 2. The quantitative estimate of drug-likeness (QED) is 0.261. The van der Waals surface area contributed by atoms with Crippen LogP contribution < -0.4 is 25.0 Å². The molecule has 0 aromatic heterocycles. The second-order valence-corrected chi connectivity index (χ2v) is 9.67. The van der Waals surface area contributed by atoms with E-state index in [0.29, 0.717) is 29.4 Å². The molecular formula is C29H25Cl2N3O6. The highest BCUT2D eigenvalue weighted by Gasteiger charge is 2.37. The first-order valence-corrected chi connectivity index (χ1v) is 13.0. The summed E-state index contributed by atoms with van der Waals surface area (Å²) in [6.45, 7) is 5.64. The molecule has 3 aromatic rings. The number of anilines is 2. The predicted molar refractivity (Wildman–Crippen MR) is 153 cm³/mol. The Morgan fingerprint density at radius 2 is 1.73 bits per heavy atom. The molecule has 0 saturated carbocycles. The van der Waals surface area contributed by atoms with Gasteiger partial charge < -0.3 is 14.8 Å². The molecule has 0 spiro atoms. The highest BCUT2D eigenvalue weighted by molar-refractivity contribution is 6.43. The van der Waals surface area contributed by atoms with E-state index in [4.69, 9.17) is 32.7 Å². The Hall–Kier alpha value is -4.34. The average Bonchev–Trinajstić information content (AvgIpc) is 2.90. The number of amides is 5. The van der Waals surface area contributed by atoms with E-state index in [0.717, 1.165) is 16.0 Å². The fraction of sp³-hybridized carbons (Fsp3) is 0.172. The minimum Gasteiger partial charge on any atom is -0.490 e. The molecule has 4 rings (SSSR count). The van der Waals surface area contributed by atoms with Crippen molar-refractivity contribution >= 4 is 64.4 Å². The van der Waals surface area contributed by atoms with Crippen molar-refractivity contribution < 1.29 is 28.7 Å². The summed E-state index contributed by atoms with van der Waals surface area (Å²) in [4.78, 5) is 51.6. The lowest BCUT2D eigenvalue weighted by Crippen LogP contribution is -2.54. The third-order valence-corrected chi connectivity index (χ3v) is 6.61. The summed E-state index contributed by atoms with van der Waals surface area (Å²) in [7, 11) is 0. The zero-order chi connectivity index (χ0) is 29.0. The molecule has 1 saturated heterocycles. The van der Waals surface area contributed by atoms with Crippen molar-refractivity contribution in [2.45, 2.75) is 20.8 Å². The molecule has 0 aliphatic carbocycles. The first-order chi connectivity index (χ1) is 19.1. The third kappa shape index (κ3) is 6.44. The summed E-state index contributed by atoms with van der Waals surface area (Å²) < 4.78 is 11.4. The Morgan fingerprint density at radius 3 is 2.45 bits per heavy atom.